The highest BCUT2D eigenvalue weighted by atomic mass is 32.2. The highest BCUT2D eigenvalue weighted by Crippen LogP contribution is 2.29. The molecule has 1 heterocycles. The standard InChI is InChI=1S/C26H35N3O6S/c1-18-15-29(19(2)17-30)26(32)14-21-13-22(27-25(31)12-20-8-6-5-7-9-20)10-11-23(21)35-24(18)16-28(3)36(4,33)34/h5-11,13,18-19,24,30H,12,14-17H2,1-4H3,(H,27,31)/t18-,19+,24-/m0/s1. The molecule has 3 atom stereocenters. The molecular weight excluding hydrogens is 482 g/mol. The maximum atomic E-state index is 13.3. The molecule has 0 saturated carbocycles. The molecule has 36 heavy (non-hydrogen) atoms. The quantitative estimate of drug-likeness (QED) is 0.553. The third-order valence-electron chi connectivity index (χ3n) is 6.41. The van der Waals surface area contributed by atoms with Crippen LogP contribution in [0.5, 0.6) is 5.75 Å². The number of ether oxygens (including phenoxy) is 1. The van der Waals surface area contributed by atoms with Crippen LogP contribution in [0, 0.1) is 5.92 Å². The zero-order valence-electron chi connectivity index (χ0n) is 21.2. The van der Waals surface area contributed by atoms with Gasteiger partial charge >= 0.3 is 0 Å². The summed E-state index contributed by atoms with van der Waals surface area (Å²) < 4.78 is 31.6. The van der Waals surface area contributed by atoms with Crippen LogP contribution in [0.1, 0.15) is 25.0 Å². The number of likely N-dealkylation sites (N-methyl/N-ethyl adjacent to an activating group) is 1. The van der Waals surface area contributed by atoms with Crippen molar-refractivity contribution in [2.24, 2.45) is 5.92 Å². The molecule has 9 nitrogen and oxygen atoms in total. The smallest absolute Gasteiger partial charge is 0.228 e. The molecule has 1 aliphatic rings. The van der Waals surface area contributed by atoms with Crippen molar-refractivity contribution in [2.75, 3.05) is 38.3 Å². The van der Waals surface area contributed by atoms with Crippen LogP contribution in [-0.4, -0.2) is 79.7 Å². The maximum Gasteiger partial charge on any atom is 0.228 e. The molecule has 3 rings (SSSR count). The first-order valence-corrected chi connectivity index (χ1v) is 13.8. The minimum atomic E-state index is -3.44. The highest BCUT2D eigenvalue weighted by molar-refractivity contribution is 7.88. The van der Waals surface area contributed by atoms with E-state index in [9.17, 15) is 23.1 Å². The molecule has 0 unspecified atom stereocenters. The van der Waals surface area contributed by atoms with E-state index in [1.807, 2.05) is 37.3 Å². The van der Waals surface area contributed by atoms with Crippen LogP contribution in [0.4, 0.5) is 5.69 Å². The molecule has 0 saturated heterocycles. The van der Waals surface area contributed by atoms with Crippen LogP contribution in [-0.2, 0) is 32.5 Å². The molecular formula is C26H35N3O6S. The van der Waals surface area contributed by atoms with Crippen molar-refractivity contribution in [2.45, 2.75) is 38.8 Å². The van der Waals surface area contributed by atoms with E-state index in [2.05, 4.69) is 5.32 Å². The van der Waals surface area contributed by atoms with Crippen LogP contribution in [0.3, 0.4) is 0 Å². The number of aliphatic hydroxyl groups is 1. The number of hydrogen-bond donors (Lipinski definition) is 2. The van der Waals surface area contributed by atoms with Crippen LogP contribution < -0.4 is 10.1 Å². The SMILES string of the molecule is C[C@H](CO)N1C[C@H](C)[C@H](CN(C)S(C)(=O)=O)Oc2ccc(NC(=O)Cc3ccccc3)cc2CC1=O. The average molecular weight is 518 g/mol. The van der Waals surface area contributed by atoms with Gasteiger partial charge in [-0.15, -0.1) is 0 Å². The number of amides is 2. The largest absolute Gasteiger partial charge is 0.488 e. The van der Waals surface area contributed by atoms with Crippen LogP contribution in [0.15, 0.2) is 48.5 Å². The Balaban J connectivity index is 1.90. The summed E-state index contributed by atoms with van der Waals surface area (Å²) in [6, 6.07) is 14.1. The third kappa shape index (κ3) is 7.28. The number of carbonyl (C=O) groups is 2. The molecule has 10 heteroatoms. The number of carbonyl (C=O) groups excluding carboxylic acids is 2. The number of rotatable bonds is 8. The molecule has 0 radical (unpaired) electrons. The summed E-state index contributed by atoms with van der Waals surface area (Å²) in [7, 11) is -1.95. The van der Waals surface area contributed by atoms with Crippen molar-refractivity contribution < 1.29 is 27.9 Å². The number of nitrogens with zero attached hydrogens (tertiary/aromatic N) is 2. The molecule has 0 fully saturated rings. The number of anilines is 1. The van der Waals surface area contributed by atoms with Gasteiger partial charge in [-0.2, -0.15) is 0 Å². The topological polar surface area (TPSA) is 116 Å². The van der Waals surface area contributed by atoms with E-state index in [4.69, 9.17) is 4.74 Å². The molecule has 2 N–H and O–H groups in total. The molecule has 196 valence electrons. The van der Waals surface area contributed by atoms with Gasteiger partial charge < -0.3 is 20.1 Å². The van der Waals surface area contributed by atoms with Gasteiger partial charge in [-0.05, 0) is 30.7 Å². The van der Waals surface area contributed by atoms with E-state index in [-0.39, 0.29) is 43.7 Å². The Morgan fingerprint density at radius 1 is 1.25 bits per heavy atom. The van der Waals surface area contributed by atoms with Gasteiger partial charge in [0.15, 0.2) is 0 Å². The number of aliphatic hydroxyl groups excluding tert-OH is 1. The second kappa shape index (κ2) is 11.9. The van der Waals surface area contributed by atoms with Crippen LogP contribution in [0.2, 0.25) is 0 Å². The number of hydrogen-bond acceptors (Lipinski definition) is 6. The molecule has 1 aliphatic heterocycles. The first-order chi connectivity index (χ1) is 17.0. The van der Waals surface area contributed by atoms with Crippen molar-refractivity contribution in [3.8, 4) is 5.75 Å². The average Bonchev–Trinajstić information content (AvgIpc) is 2.86. The van der Waals surface area contributed by atoms with Crippen molar-refractivity contribution in [1.29, 1.82) is 0 Å². The number of fused-ring (bicyclic) bond motifs is 1. The number of benzene rings is 2. The predicted octanol–water partition coefficient (Wildman–Crippen LogP) is 1.91. The molecule has 2 aromatic rings. The van der Waals surface area contributed by atoms with Gasteiger partial charge in [-0.25, -0.2) is 12.7 Å². The van der Waals surface area contributed by atoms with Crippen molar-refractivity contribution in [3.63, 3.8) is 0 Å². The van der Waals surface area contributed by atoms with E-state index >= 15 is 0 Å². The van der Waals surface area contributed by atoms with Gasteiger partial charge in [0, 0.05) is 30.8 Å². The third-order valence-corrected chi connectivity index (χ3v) is 7.69. The van der Waals surface area contributed by atoms with Crippen LogP contribution >= 0.6 is 0 Å². The van der Waals surface area contributed by atoms with Crippen LogP contribution in [0.25, 0.3) is 0 Å². The Kier molecular flexibility index (Phi) is 9.10. The zero-order valence-corrected chi connectivity index (χ0v) is 22.0. The summed E-state index contributed by atoms with van der Waals surface area (Å²) in [5, 5.41) is 12.6. The number of sulfonamides is 1. The van der Waals surface area contributed by atoms with Gasteiger partial charge in [0.1, 0.15) is 11.9 Å². The second-order valence-corrected chi connectivity index (χ2v) is 11.6. The van der Waals surface area contributed by atoms with E-state index in [1.54, 1.807) is 30.0 Å². The minimum Gasteiger partial charge on any atom is -0.488 e. The fourth-order valence-corrected chi connectivity index (χ4v) is 4.52. The highest BCUT2D eigenvalue weighted by Gasteiger charge is 2.32. The van der Waals surface area contributed by atoms with E-state index in [0.717, 1.165) is 11.8 Å². The summed E-state index contributed by atoms with van der Waals surface area (Å²) >= 11 is 0. The van der Waals surface area contributed by atoms with Crippen molar-refractivity contribution >= 4 is 27.5 Å². The van der Waals surface area contributed by atoms with Gasteiger partial charge in [0.2, 0.25) is 21.8 Å². The Morgan fingerprint density at radius 2 is 1.94 bits per heavy atom. The Hall–Kier alpha value is -2.95. The molecule has 0 aromatic heterocycles. The lowest BCUT2D eigenvalue weighted by molar-refractivity contribution is -0.134. The van der Waals surface area contributed by atoms with E-state index < -0.39 is 22.2 Å². The summed E-state index contributed by atoms with van der Waals surface area (Å²) in [6.07, 6.45) is 0.825. The maximum absolute atomic E-state index is 13.3. The predicted molar refractivity (Wildman–Crippen MR) is 138 cm³/mol. The fraction of sp³-hybridized carbons (Fsp3) is 0.462. The lowest BCUT2D eigenvalue weighted by atomic mass is 10.0. The monoisotopic (exact) mass is 517 g/mol. The molecule has 0 bridgehead atoms. The van der Waals surface area contributed by atoms with E-state index in [0.29, 0.717) is 23.5 Å². The molecule has 2 amide bonds. The Morgan fingerprint density at radius 3 is 2.58 bits per heavy atom. The summed E-state index contributed by atoms with van der Waals surface area (Å²) in [4.78, 5) is 27.4. The summed E-state index contributed by atoms with van der Waals surface area (Å²) in [5.41, 5.74) is 2.00. The Bertz CT molecular complexity index is 1170. The molecule has 0 spiro atoms. The molecule has 0 aliphatic carbocycles. The van der Waals surface area contributed by atoms with E-state index in [1.165, 1.54) is 11.4 Å². The minimum absolute atomic E-state index is 0.0173. The first-order valence-electron chi connectivity index (χ1n) is 11.9. The zero-order chi connectivity index (χ0) is 26.5. The van der Waals surface area contributed by atoms with Crippen molar-refractivity contribution in [1.82, 2.24) is 9.21 Å². The lowest BCUT2D eigenvalue weighted by Gasteiger charge is -2.33. The van der Waals surface area contributed by atoms with Gasteiger partial charge in [-0.3, -0.25) is 9.59 Å². The summed E-state index contributed by atoms with van der Waals surface area (Å²) in [6.45, 7) is 3.87. The second-order valence-electron chi connectivity index (χ2n) is 9.46. The van der Waals surface area contributed by atoms with Gasteiger partial charge in [0.05, 0.1) is 38.3 Å². The normalized spacial score (nSPS) is 19.5. The Labute approximate surface area is 213 Å². The van der Waals surface area contributed by atoms with Crippen molar-refractivity contribution in [3.05, 3.63) is 59.7 Å². The fourth-order valence-electron chi connectivity index (χ4n) is 4.10. The summed E-state index contributed by atoms with van der Waals surface area (Å²) in [5.74, 6) is -0.128. The lowest BCUT2D eigenvalue weighted by Crippen LogP contribution is -2.48. The number of nitrogens with one attached hydrogen (secondary N) is 1. The van der Waals surface area contributed by atoms with Gasteiger partial charge in [-0.1, -0.05) is 37.3 Å². The first kappa shape index (κ1) is 27.6. The van der Waals surface area contributed by atoms with Gasteiger partial charge in [0.25, 0.3) is 0 Å². The molecule has 2 aromatic carbocycles.